The summed E-state index contributed by atoms with van der Waals surface area (Å²) in [7, 11) is 1.69. The molecular formula is C18H17BrClN3OS. The van der Waals surface area contributed by atoms with Crippen molar-refractivity contribution in [2.24, 2.45) is 4.99 Å². The number of ether oxygens (including phenoxy) is 1. The number of amidine groups is 1. The van der Waals surface area contributed by atoms with E-state index in [0.717, 1.165) is 33.2 Å². The lowest BCUT2D eigenvalue weighted by Crippen LogP contribution is -2.29. The van der Waals surface area contributed by atoms with Crippen molar-refractivity contribution in [3.8, 4) is 5.75 Å². The van der Waals surface area contributed by atoms with Crippen molar-refractivity contribution in [1.29, 1.82) is 0 Å². The topological polar surface area (TPSA) is 37.7 Å². The van der Waals surface area contributed by atoms with Crippen LogP contribution >= 0.6 is 39.3 Å². The second-order valence-corrected chi connectivity index (χ2v) is 8.84. The van der Waals surface area contributed by atoms with Gasteiger partial charge in [0.25, 0.3) is 0 Å². The number of hydrogen-bond donors (Lipinski definition) is 0. The van der Waals surface area contributed by atoms with Gasteiger partial charge in [-0.05, 0) is 40.2 Å². The average Bonchev–Trinajstić information content (AvgIpc) is 3.10. The van der Waals surface area contributed by atoms with Gasteiger partial charge in [-0.3, -0.25) is 9.98 Å². The van der Waals surface area contributed by atoms with Crippen LogP contribution in [0.4, 0.5) is 0 Å². The summed E-state index contributed by atoms with van der Waals surface area (Å²) in [6, 6.07) is 9.75. The van der Waals surface area contributed by atoms with Crippen molar-refractivity contribution >= 4 is 44.5 Å². The molecule has 0 bridgehead atoms. The van der Waals surface area contributed by atoms with E-state index >= 15 is 0 Å². The van der Waals surface area contributed by atoms with E-state index in [-0.39, 0.29) is 12.1 Å². The number of pyridine rings is 1. The van der Waals surface area contributed by atoms with Gasteiger partial charge in [0.15, 0.2) is 5.17 Å². The van der Waals surface area contributed by atoms with Crippen LogP contribution in [0.15, 0.2) is 46.0 Å². The van der Waals surface area contributed by atoms with Gasteiger partial charge in [0, 0.05) is 28.6 Å². The van der Waals surface area contributed by atoms with Gasteiger partial charge in [-0.1, -0.05) is 36.4 Å². The minimum Gasteiger partial charge on any atom is -0.495 e. The molecule has 7 heteroatoms. The number of aliphatic imine (C=N–C) groups is 1. The predicted octanol–water partition coefficient (Wildman–Crippen LogP) is 5.10. The molecule has 2 aliphatic heterocycles. The number of nitrogens with zero attached hydrogens (tertiary/aromatic N) is 3. The van der Waals surface area contributed by atoms with E-state index in [1.807, 2.05) is 48.3 Å². The van der Waals surface area contributed by atoms with Crippen LogP contribution in [0.25, 0.3) is 0 Å². The van der Waals surface area contributed by atoms with Gasteiger partial charge in [-0.25, -0.2) is 0 Å². The first-order valence-electron chi connectivity index (χ1n) is 8.03. The molecule has 1 aromatic carbocycles. The van der Waals surface area contributed by atoms with Crippen molar-refractivity contribution in [1.82, 2.24) is 9.88 Å². The Morgan fingerprint density at radius 3 is 2.92 bits per heavy atom. The van der Waals surface area contributed by atoms with Crippen molar-refractivity contribution in [3.05, 3.63) is 57.3 Å². The number of halogens is 2. The van der Waals surface area contributed by atoms with Crippen molar-refractivity contribution in [2.45, 2.75) is 24.3 Å². The van der Waals surface area contributed by atoms with Crippen LogP contribution in [0, 0.1) is 0 Å². The van der Waals surface area contributed by atoms with Crippen LogP contribution in [-0.2, 0) is 0 Å². The van der Waals surface area contributed by atoms with Crippen LogP contribution in [0.3, 0.4) is 0 Å². The molecule has 2 aromatic rings. The SMILES string of the molecule is COc1c(Br)cc(Cl)cc1[C@H]1[C@@H](c2ccccn2)N=C2S[C@@H](C)CN21. The maximum absolute atomic E-state index is 6.36. The highest BCUT2D eigenvalue weighted by Gasteiger charge is 2.44. The van der Waals surface area contributed by atoms with Crippen LogP contribution < -0.4 is 4.74 Å². The van der Waals surface area contributed by atoms with Gasteiger partial charge in [0.2, 0.25) is 0 Å². The fourth-order valence-electron chi connectivity index (χ4n) is 3.47. The minimum atomic E-state index is -0.0736. The highest BCUT2D eigenvalue weighted by atomic mass is 79.9. The van der Waals surface area contributed by atoms with Crippen LogP contribution in [0.5, 0.6) is 5.75 Å². The van der Waals surface area contributed by atoms with E-state index in [4.69, 9.17) is 21.3 Å². The summed E-state index contributed by atoms with van der Waals surface area (Å²) in [6.07, 6.45) is 1.82. The predicted molar refractivity (Wildman–Crippen MR) is 107 cm³/mol. The fraction of sp³-hybridized carbons (Fsp3) is 0.333. The largest absolute Gasteiger partial charge is 0.495 e. The molecule has 4 rings (SSSR count). The lowest BCUT2D eigenvalue weighted by atomic mass is 9.95. The van der Waals surface area contributed by atoms with E-state index in [2.05, 4.69) is 32.7 Å². The molecule has 3 atom stereocenters. The molecule has 3 heterocycles. The number of aromatic nitrogens is 1. The third-order valence-electron chi connectivity index (χ3n) is 4.44. The normalized spacial score (nSPS) is 25.0. The molecule has 130 valence electrons. The van der Waals surface area contributed by atoms with E-state index in [0.29, 0.717) is 10.3 Å². The lowest BCUT2D eigenvalue weighted by molar-refractivity contribution is 0.307. The molecule has 25 heavy (non-hydrogen) atoms. The fourth-order valence-corrected chi connectivity index (χ4v) is 5.56. The highest BCUT2D eigenvalue weighted by Crippen LogP contribution is 2.51. The van der Waals surface area contributed by atoms with E-state index in [1.54, 1.807) is 7.11 Å². The summed E-state index contributed by atoms with van der Waals surface area (Å²) in [4.78, 5) is 11.9. The number of methoxy groups -OCH3 is 1. The van der Waals surface area contributed by atoms with Gasteiger partial charge in [-0.2, -0.15) is 0 Å². The Morgan fingerprint density at radius 1 is 1.36 bits per heavy atom. The number of thioether (sulfide) groups is 1. The molecule has 0 radical (unpaired) electrons. The van der Waals surface area contributed by atoms with Crippen LogP contribution in [0.2, 0.25) is 5.02 Å². The van der Waals surface area contributed by atoms with Crippen LogP contribution in [-0.4, -0.2) is 34.0 Å². The molecule has 0 unspecified atom stereocenters. The average molecular weight is 439 g/mol. The molecular weight excluding hydrogens is 422 g/mol. The zero-order valence-electron chi connectivity index (χ0n) is 13.8. The summed E-state index contributed by atoms with van der Waals surface area (Å²) in [5.74, 6) is 0.802. The first-order valence-corrected chi connectivity index (χ1v) is 10.1. The molecule has 4 nitrogen and oxygen atoms in total. The summed E-state index contributed by atoms with van der Waals surface area (Å²) in [5.41, 5.74) is 1.99. The molecule has 0 spiro atoms. The molecule has 0 saturated carbocycles. The monoisotopic (exact) mass is 437 g/mol. The standard InChI is InChI=1S/C18H17BrClN3OS/c1-10-9-23-16(12-7-11(20)8-13(19)17(12)24-2)15(22-18(23)25-10)14-5-3-4-6-21-14/h3-8,10,15-16H,9H2,1-2H3/t10-,15+,16-/m0/s1. The molecule has 0 aliphatic carbocycles. The van der Waals surface area contributed by atoms with Gasteiger partial charge in [-0.15, -0.1) is 0 Å². The first kappa shape index (κ1) is 17.2. The van der Waals surface area contributed by atoms with Crippen molar-refractivity contribution in [3.63, 3.8) is 0 Å². The number of hydrogen-bond acceptors (Lipinski definition) is 5. The Hall–Kier alpha value is -1.24. The maximum atomic E-state index is 6.36. The third-order valence-corrected chi connectivity index (χ3v) is 6.35. The van der Waals surface area contributed by atoms with Crippen LogP contribution in [0.1, 0.15) is 30.3 Å². The zero-order valence-corrected chi connectivity index (χ0v) is 17.0. The Morgan fingerprint density at radius 2 is 2.20 bits per heavy atom. The third kappa shape index (κ3) is 3.04. The molecule has 2 aliphatic rings. The Labute approximate surface area is 164 Å². The molecule has 1 saturated heterocycles. The van der Waals surface area contributed by atoms with E-state index in [9.17, 15) is 0 Å². The number of rotatable bonds is 3. The number of benzene rings is 1. The number of fused-ring (bicyclic) bond motifs is 1. The molecule has 1 fully saturated rings. The van der Waals surface area contributed by atoms with E-state index in [1.165, 1.54) is 0 Å². The maximum Gasteiger partial charge on any atom is 0.160 e. The molecule has 0 amide bonds. The smallest absolute Gasteiger partial charge is 0.160 e. The lowest BCUT2D eigenvalue weighted by Gasteiger charge is -2.29. The van der Waals surface area contributed by atoms with Gasteiger partial charge in [0.1, 0.15) is 11.8 Å². The van der Waals surface area contributed by atoms with Gasteiger partial charge >= 0.3 is 0 Å². The van der Waals surface area contributed by atoms with E-state index < -0.39 is 0 Å². The summed E-state index contributed by atoms with van der Waals surface area (Å²) >= 11 is 11.8. The van der Waals surface area contributed by atoms with Crippen molar-refractivity contribution in [2.75, 3.05) is 13.7 Å². The highest BCUT2D eigenvalue weighted by molar-refractivity contribution is 9.10. The van der Waals surface area contributed by atoms with Crippen molar-refractivity contribution < 1.29 is 4.74 Å². The second-order valence-electron chi connectivity index (χ2n) is 6.15. The minimum absolute atomic E-state index is 0.0206. The molecule has 0 N–H and O–H groups in total. The van der Waals surface area contributed by atoms with Gasteiger partial charge in [0.05, 0.1) is 23.3 Å². The Kier molecular flexibility index (Phi) is 4.69. The Balaban J connectivity index is 1.86. The zero-order chi connectivity index (χ0) is 17.6. The Bertz CT molecular complexity index is 833. The summed E-state index contributed by atoms with van der Waals surface area (Å²) in [5, 5.41) is 2.27. The summed E-state index contributed by atoms with van der Waals surface area (Å²) < 4.78 is 6.55. The quantitative estimate of drug-likeness (QED) is 0.668. The second kappa shape index (κ2) is 6.82. The van der Waals surface area contributed by atoms with Gasteiger partial charge < -0.3 is 9.64 Å². The molecule has 1 aromatic heterocycles. The first-order chi connectivity index (χ1) is 12.1. The summed E-state index contributed by atoms with van der Waals surface area (Å²) in [6.45, 7) is 3.17.